The molecule has 0 bridgehead atoms. The van der Waals surface area contributed by atoms with Gasteiger partial charge in [-0.1, -0.05) is 206 Å². The van der Waals surface area contributed by atoms with Crippen LogP contribution in [0.1, 0.15) is 0 Å². The van der Waals surface area contributed by atoms with Crippen LogP contribution < -0.4 is 0 Å². The predicted octanol–water partition coefficient (Wildman–Crippen LogP) is 16.4. The minimum absolute atomic E-state index is 1.21. The SMILES string of the molecule is c1cc(-c2ccc(-c3c4ccccc4c(-c4cccc5ccccc45)c4ccccc34)c3ccccc23)cc(-c2cc3ccc4ccccc4c3c3ccccc23)c1. The first-order chi connectivity index (χ1) is 28.8. The van der Waals surface area contributed by atoms with Crippen molar-refractivity contribution < 1.29 is 0 Å². The van der Waals surface area contributed by atoms with Crippen LogP contribution in [0.3, 0.4) is 0 Å². The Balaban J connectivity index is 1.07. The largest absolute Gasteiger partial charge is 0.0616 e. The van der Waals surface area contributed by atoms with Crippen LogP contribution in [0.15, 0.2) is 218 Å². The quantitative estimate of drug-likeness (QED) is 0.125. The second kappa shape index (κ2) is 13.0. The molecule has 0 spiro atoms. The van der Waals surface area contributed by atoms with E-state index in [1.54, 1.807) is 0 Å². The number of rotatable bonds is 4. The molecule has 0 aromatic heterocycles. The van der Waals surface area contributed by atoms with Crippen molar-refractivity contribution in [3.05, 3.63) is 218 Å². The van der Waals surface area contributed by atoms with Crippen LogP contribution in [0.5, 0.6) is 0 Å². The first-order valence-corrected chi connectivity index (χ1v) is 20.2. The van der Waals surface area contributed by atoms with Crippen LogP contribution >= 0.6 is 0 Å². The van der Waals surface area contributed by atoms with E-state index < -0.39 is 0 Å². The van der Waals surface area contributed by atoms with Crippen molar-refractivity contribution in [1.82, 2.24) is 0 Å². The summed E-state index contributed by atoms with van der Waals surface area (Å²) < 4.78 is 0. The van der Waals surface area contributed by atoms with Crippen molar-refractivity contribution in [1.29, 1.82) is 0 Å². The molecular formula is C58H36. The molecule has 0 heterocycles. The third-order valence-corrected chi connectivity index (χ3v) is 12.4. The molecule has 0 saturated carbocycles. The summed E-state index contributed by atoms with van der Waals surface area (Å²) in [6.07, 6.45) is 0. The first kappa shape index (κ1) is 32.7. The molecule has 12 aromatic carbocycles. The molecule has 58 heavy (non-hydrogen) atoms. The van der Waals surface area contributed by atoms with Gasteiger partial charge in [0.05, 0.1) is 0 Å². The fourth-order valence-electron chi connectivity index (χ4n) is 9.89. The van der Waals surface area contributed by atoms with Gasteiger partial charge in [-0.3, -0.25) is 0 Å². The lowest BCUT2D eigenvalue weighted by Gasteiger charge is -2.20. The standard InChI is InChI=1S/C58H36/c1-3-20-42-37(15-1)17-14-30-48(42)57-50-26-9-11-28-52(50)58(53-29-12-10-27-51(53)57)54-34-33-43(45-22-5-6-23-46(45)54)39-18-13-19-40(35-39)55-36-41-32-31-38-16-2-4-21-44(38)56(41)49-25-8-7-24-47(49)55/h1-36H. The summed E-state index contributed by atoms with van der Waals surface area (Å²) >= 11 is 0. The van der Waals surface area contributed by atoms with Gasteiger partial charge in [0.1, 0.15) is 0 Å². The van der Waals surface area contributed by atoms with Crippen LogP contribution in [0.25, 0.3) is 120 Å². The Labute approximate surface area is 336 Å². The van der Waals surface area contributed by atoms with E-state index in [4.69, 9.17) is 0 Å². The zero-order valence-corrected chi connectivity index (χ0v) is 31.8. The van der Waals surface area contributed by atoms with Gasteiger partial charge in [-0.05, 0) is 132 Å². The average Bonchev–Trinajstić information content (AvgIpc) is 3.30. The van der Waals surface area contributed by atoms with Gasteiger partial charge >= 0.3 is 0 Å². The number of hydrogen-bond acceptors (Lipinski definition) is 0. The lowest BCUT2D eigenvalue weighted by Crippen LogP contribution is -1.93. The molecule has 0 aliphatic heterocycles. The van der Waals surface area contributed by atoms with Gasteiger partial charge < -0.3 is 0 Å². The maximum absolute atomic E-state index is 2.39. The van der Waals surface area contributed by atoms with E-state index in [1.807, 2.05) is 0 Å². The minimum atomic E-state index is 1.21. The summed E-state index contributed by atoms with van der Waals surface area (Å²) in [4.78, 5) is 0. The molecule has 268 valence electrons. The topological polar surface area (TPSA) is 0 Å². The molecule has 0 atom stereocenters. The van der Waals surface area contributed by atoms with Crippen LogP contribution in [0.4, 0.5) is 0 Å². The summed E-state index contributed by atoms with van der Waals surface area (Å²) in [6.45, 7) is 0. The molecular weight excluding hydrogens is 697 g/mol. The number of hydrogen-bond donors (Lipinski definition) is 0. The number of benzene rings is 12. The van der Waals surface area contributed by atoms with Crippen LogP contribution in [-0.4, -0.2) is 0 Å². The Morgan fingerprint density at radius 2 is 0.586 bits per heavy atom. The molecule has 0 nitrogen and oxygen atoms in total. The molecule has 0 aliphatic rings. The zero-order valence-electron chi connectivity index (χ0n) is 31.8. The van der Waals surface area contributed by atoms with E-state index in [0.717, 1.165) is 0 Å². The summed E-state index contributed by atoms with van der Waals surface area (Å²) in [5.74, 6) is 0. The van der Waals surface area contributed by atoms with Crippen molar-refractivity contribution in [2.45, 2.75) is 0 Å². The highest BCUT2D eigenvalue weighted by molar-refractivity contribution is 6.26. The van der Waals surface area contributed by atoms with Crippen molar-refractivity contribution in [2.24, 2.45) is 0 Å². The van der Waals surface area contributed by atoms with Gasteiger partial charge in [-0.2, -0.15) is 0 Å². The maximum atomic E-state index is 2.39. The first-order valence-electron chi connectivity index (χ1n) is 20.2. The summed E-state index contributed by atoms with van der Waals surface area (Å²) in [6, 6.07) is 80.9. The molecule has 0 saturated heterocycles. The molecule has 0 fully saturated rings. The Kier molecular flexibility index (Phi) is 7.33. The molecule has 0 N–H and O–H groups in total. The highest BCUT2D eigenvalue weighted by atomic mass is 14.2. The van der Waals surface area contributed by atoms with Crippen LogP contribution in [0, 0.1) is 0 Å². The fourth-order valence-corrected chi connectivity index (χ4v) is 9.89. The Morgan fingerprint density at radius 1 is 0.190 bits per heavy atom. The summed E-state index contributed by atoms with van der Waals surface area (Å²) in [5.41, 5.74) is 10.0. The highest BCUT2D eigenvalue weighted by Gasteiger charge is 2.20. The monoisotopic (exact) mass is 732 g/mol. The Bertz CT molecular complexity index is 3560. The zero-order chi connectivity index (χ0) is 38.2. The third kappa shape index (κ3) is 4.95. The maximum Gasteiger partial charge on any atom is -0.00201 e. The van der Waals surface area contributed by atoms with Gasteiger partial charge in [0.2, 0.25) is 0 Å². The van der Waals surface area contributed by atoms with Crippen LogP contribution in [0.2, 0.25) is 0 Å². The minimum Gasteiger partial charge on any atom is -0.0616 e. The third-order valence-electron chi connectivity index (χ3n) is 12.4. The molecule has 0 radical (unpaired) electrons. The lowest BCUT2D eigenvalue weighted by atomic mass is 9.83. The lowest BCUT2D eigenvalue weighted by molar-refractivity contribution is 1.63. The van der Waals surface area contributed by atoms with Gasteiger partial charge in [-0.25, -0.2) is 0 Å². The summed E-state index contributed by atoms with van der Waals surface area (Å²) in [5, 5.41) is 17.8. The smallest absolute Gasteiger partial charge is 0.00201 e. The Hall–Kier alpha value is -7.54. The van der Waals surface area contributed by atoms with Crippen molar-refractivity contribution in [3.63, 3.8) is 0 Å². The normalized spacial score (nSPS) is 11.8. The molecule has 12 rings (SSSR count). The molecule has 0 heteroatoms. The van der Waals surface area contributed by atoms with Crippen molar-refractivity contribution >= 4 is 75.4 Å². The van der Waals surface area contributed by atoms with E-state index in [2.05, 4.69) is 218 Å². The van der Waals surface area contributed by atoms with Crippen molar-refractivity contribution in [3.8, 4) is 44.5 Å². The molecule has 0 unspecified atom stereocenters. The van der Waals surface area contributed by atoms with Gasteiger partial charge in [0.25, 0.3) is 0 Å². The van der Waals surface area contributed by atoms with Gasteiger partial charge in [0.15, 0.2) is 0 Å². The van der Waals surface area contributed by atoms with Crippen LogP contribution in [-0.2, 0) is 0 Å². The van der Waals surface area contributed by atoms with E-state index in [1.165, 1.54) is 120 Å². The highest BCUT2D eigenvalue weighted by Crippen LogP contribution is 2.48. The fraction of sp³-hybridized carbons (Fsp3) is 0. The molecule has 0 aliphatic carbocycles. The van der Waals surface area contributed by atoms with E-state index in [-0.39, 0.29) is 0 Å². The Morgan fingerprint density at radius 3 is 1.22 bits per heavy atom. The van der Waals surface area contributed by atoms with Gasteiger partial charge in [0, 0.05) is 0 Å². The predicted molar refractivity (Wildman–Crippen MR) is 251 cm³/mol. The van der Waals surface area contributed by atoms with E-state index in [9.17, 15) is 0 Å². The second-order valence-electron chi connectivity index (χ2n) is 15.5. The number of fused-ring (bicyclic) bond motifs is 9. The molecule has 0 amide bonds. The second-order valence-corrected chi connectivity index (χ2v) is 15.5. The van der Waals surface area contributed by atoms with E-state index >= 15 is 0 Å². The van der Waals surface area contributed by atoms with E-state index in [0.29, 0.717) is 0 Å². The molecule has 12 aromatic rings. The summed E-state index contributed by atoms with van der Waals surface area (Å²) in [7, 11) is 0. The average molecular weight is 733 g/mol. The van der Waals surface area contributed by atoms with Gasteiger partial charge in [-0.15, -0.1) is 0 Å². The van der Waals surface area contributed by atoms with Crippen molar-refractivity contribution in [2.75, 3.05) is 0 Å².